The number of rotatable bonds is 11. The van der Waals surface area contributed by atoms with Gasteiger partial charge in [-0.25, -0.2) is 18.4 Å². The minimum Gasteiger partial charge on any atom is -0.492 e. The van der Waals surface area contributed by atoms with E-state index in [1.807, 2.05) is 43.7 Å². The van der Waals surface area contributed by atoms with Crippen LogP contribution in [0.15, 0.2) is 67.4 Å². The largest absolute Gasteiger partial charge is 0.492 e. The van der Waals surface area contributed by atoms with Gasteiger partial charge in [0.15, 0.2) is 11.5 Å². The second-order valence-corrected chi connectivity index (χ2v) is 13.3. The molecule has 3 heterocycles. The zero-order chi connectivity index (χ0) is 32.4. The van der Waals surface area contributed by atoms with Gasteiger partial charge in [-0.15, -0.1) is 0 Å². The van der Waals surface area contributed by atoms with Gasteiger partial charge in [0.25, 0.3) is 5.91 Å². The quantitative estimate of drug-likeness (QED) is 0.183. The number of methoxy groups -OCH3 is 1. The Hall–Kier alpha value is -5.11. The highest BCUT2D eigenvalue weighted by Crippen LogP contribution is 2.40. The van der Waals surface area contributed by atoms with Crippen LogP contribution in [0, 0.1) is 0 Å². The normalized spacial score (nSPS) is 11.8. The van der Waals surface area contributed by atoms with Gasteiger partial charge in [-0.05, 0) is 35.2 Å². The predicted octanol–water partition coefficient (Wildman–Crippen LogP) is 5.00. The molecule has 0 fully saturated rings. The zero-order valence-corrected chi connectivity index (χ0v) is 26.8. The fraction of sp³-hybridized carbons (Fsp3) is 0.290. The van der Waals surface area contributed by atoms with Crippen molar-refractivity contribution in [3.05, 3.63) is 78.6 Å². The summed E-state index contributed by atoms with van der Waals surface area (Å²) < 4.78 is 42.2. The number of sulfonamides is 1. The molecule has 0 bridgehead atoms. The Bertz CT molecular complexity index is 1950. The monoisotopic (exact) mass is 632 g/mol. The van der Waals surface area contributed by atoms with Crippen molar-refractivity contribution in [3.63, 3.8) is 0 Å². The van der Waals surface area contributed by atoms with Gasteiger partial charge in [0, 0.05) is 50.2 Å². The van der Waals surface area contributed by atoms with Crippen LogP contribution in [0.4, 0.5) is 17.3 Å². The van der Waals surface area contributed by atoms with Crippen LogP contribution in [0.1, 0.15) is 36.8 Å². The maximum absolute atomic E-state index is 13.7. The summed E-state index contributed by atoms with van der Waals surface area (Å²) in [4.78, 5) is 26.5. The van der Waals surface area contributed by atoms with Gasteiger partial charge in [0.05, 0.1) is 36.6 Å². The highest BCUT2D eigenvalue weighted by molar-refractivity contribution is 7.92. The minimum absolute atomic E-state index is 0.197. The van der Waals surface area contributed by atoms with E-state index in [1.165, 1.54) is 7.11 Å². The summed E-state index contributed by atoms with van der Waals surface area (Å²) in [6, 6.07) is 12.4. The van der Waals surface area contributed by atoms with E-state index in [1.54, 1.807) is 60.7 Å². The summed E-state index contributed by atoms with van der Waals surface area (Å²) in [6.45, 7) is 7.28. The molecule has 3 N–H and O–H groups in total. The summed E-state index contributed by atoms with van der Waals surface area (Å²) in [6.07, 6.45) is 8.01. The average molecular weight is 633 g/mol. The Balaban J connectivity index is 1.42. The molecule has 45 heavy (non-hydrogen) atoms. The van der Waals surface area contributed by atoms with Crippen LogP contribution in [0.25, 0.3) is 10.9 Å². The molecule has 5 rings (SSSR count). The van der Waals surface area contributed by atoms with Crippen molar-refractivity contribution in [2.45, 2.75) is 32.7 Å². The Morgan fingerprint density at radius 1 is 1.07 bits per heavy atom. The van der Waals surface area contributed by atoms with Crippen LogP contribution in [-0.4, -0.2) is 58.3 Å². The summed E-state index contributed by atoms with van der Waals surface area (Å²) in [5.74, 6) is 1.04. The van der Waals surface area contributed by atoms with Gasteiger partial charge in [0.2, 0.25) is 21.9 Å². The highest BCUT2D eigenvalue weighted by Gasteiger charge is 2.24. The lowest BCUT2D eigenvalue weighted by Crippen LogP contribution is -2.19. The van der Waals surface area contributed by atoms with Crippen molar-refractivity contribution >= 4 is 44.2 Å². The first-order valence-corrected chi connectivity index (χ1v) is 16.0. The molecule has 0 saturated carbocycles. The van der Waals surface area contributed by atoms with E-state index in [0.717, 1.165) is 17.2 Å². The smallest absolute Gasteiger partial charge is 0.272 e. The van der Waals surface area contributed by atoms with Gasteiger partial charge in [-0.2, -0.15) is 4.98 Å². The lowest BCUT2D eigenvalue weighted by Gasteiger charge is -2.24. The molecule has 1 amide bonds. The van der Waals surface area contributed by atoms with Crippen molar-refractivity contribution < 1.29 is 22.7 Å². The third-order valence-corrected chi connectivity index (χ3v) is 7.60. The molecule has 13 nitrogen and oxygen atoms in total. The van der Waals surface area contributed by atoms with E-state index in [4.69, 9.17) is 9.47 Å². The van der Waals surface area contributed by atoms with E-state index in [0.29, 0.717) is 47.6 Å². The molecule has 0 saturated heterocycles. The molecule has 0 aliphatic heterocycles. The van der Waals surface area contributed by atoms with Crippen LogP contribution < -0.4 is 24.8 Å². The van der Waals surface area contributed by atoms with Crippen molar-refractivity contribution in [1.29, 1.82) is 0 Å². The standard InChI is InChI=1S/C31H36N8O5S/c1-31(2,3)21-17-22(28(43-5)23(18-21)37-45(6,41)42)35-29(40)24-16-20-8-7-9-25(27(20)38(24)4)44-26-10-11-33-30(36-26)34-13-15-39-14-12-32-19-39/h7-12,14,16-19,37H,13,15H2,1-6H3,(H,35,40)(H,33,34,36). The molecule has 2 aromatic carbocycles. The molecular weight excluding hydrogens is 596 g/mol. The third kappa shape index (κ3) is 7.34. The molecule has 0 atom stereocenters. The molecule has 0 aliphatic rings. The summed E-state index contributed by atoms with van der Waals surface area (Å²) in [5.41, 5.74) is 2.06. The number of aryl methyl sites for hydroxylation is 1. The first kappa shape index (κ1) is 31.3. The maximum Gasteiger partial charge on any atom is 0.272 e. The second kappa shape index (κ2) is 12.5. The molecule has 236 valence electrons. The van der Waals surface area contributed by atoms with E-state index in [9.17, 15) is 13.2 Å². The summed E-state index contributed by atoms with van der Waals surface area (Å²) in [5, 5.41) is 6.89. The number of carbonyl (C=O) groups is 1. The molecule has 5 aromatic rings. The van der Waals surface area contributed by atoms with Crippen molar-refractivity contribution in [2.24, 2.45) is 7.05 Å². The van der Waals surface area contributed by atoms with Crippen molar-refractivity contribution in [2.75, 3.05) is 35.3 Å². The zero-order valence-electron chi connectivity index (χ0n) is 26.0. The molecule has 14 heteroatoms. The minimum atomic E-state index is -3.62. The number of anilines is 3. The van der Waals surface area contributed by atoms with E-state index in [2.05, 4.69) is 30.3 Å². The van der Waals surface area contributed by atoms with Crippen LogP contribution >= 0.6 is 0 Å². The van der Waals surface area contributed by atoms with Crippen molar-refractivity contribution in [1.82, 2.24) is 24.1 Å². The van der Waals surface area contributed by atoms with Crippen LogP contribution in [0.2, 0.25) is 0 Å². The van der Waals surface area contributed by atoms with Crippen molar-refractivity contribution in [3.8, 4) is 17.4 Å². The number of ether oxygens (including phenoxy) is 2. The van der Waals surface area contributed by atoms with Gasteiger partial charge in [-0.1, -0.05) is 32.9 Å². The lowest BCUT2D eigenvalue weighted by atomic mass is 9.86. The van der Waals surface area contributed by atoms with Crippen LogP contribution in [0.3, 0.4) is 0 Å². The fourth-order valence-corrected chi connectivity index (χ4v) is 5.38. The second-order valence-electron chi connectivity index (χ2n) is 11.5. The maximum atomic E-state index is 13.7. The van der Waals surface area contributed by atoms with Gasteiger partial charge in [-0.3, -0.25) is 9.52 Å². The van der Waals surface area contributed by atoms with Crippen LogP contribution in [-0.2, 0) is 29.0 Å². The summed E-state index contributed by atoms with van der Waals surface area (Å²) >= 11 is 0. The predicted molar refractivity (Wildman–Crippen MR) is 174 cm³/mol. The number of hydrogen-bond acceptors (Lipinski definition) is 9. The lowest BCUT2D eigenvalue weighted by molar-refractivity contribution is 0.101. The number of amides is 1. The topological polar surface area (TPSA) is 154 Å². The fourth-order valence-electron chi connectivity index (χ4n) is 4.83. The highest BCUT2D eigenvalue weighted by atomic mass is 32.2. The van der Waals surface area contributed by atoms with E-state index >= 15 is 0 Å². The Morgan fingerprint density at radius 3 is 2.53 bits per heavy atom. The molecule has 3 aromatic heterocycles. The number of aromatic nitrogens is 5. The number of nitrogens with zero attached hydrogens (tertiary/aromatic N) is 5. The first-order valence-electron chi connectivity index (χ1n) is 14.1. The third-order valence-electron chi connectivity index (χ3n) is 7.01. The Kier molecular flexibility index (Phi) is 8.68. The Morgan fingerprint density at radius 2 is 1.84 bits per heavy atom. The van der Waals surface area contributed by atoms with E-state index in [-0.39, 0.29) is 16.9 Å². The number of carbonyl (C=O) groups excluding carboxylic acids is 1. The molecule has 0 spiro atoms. The van der Waals surface area contributed by atoms with Gasteiger partial charge < -0.3 is 29.2 Å². The number of nitrogens with one attached hydrogen (secondary N) is 3. The number of fused-ring (bicyclic) bond motifs is 1. The number of imidazole rings is 1. The molecular formula is C31H36N8O5S. The summed E-state index contributed by atoms with van der Waals surface area (Å²) in [7, 11) is -0.427. The molecule has 0 aliphatic carbocycles. The van der Waals surface area contributed by atoms with Gasteiger partial charge >= 0.3 is 0 Å². The molecule has 0 unspecified atom stereocenters. The van der Waals surface area contributed by atoms with Gasteiger partial charge in [0.1, 0.15) is 5.69 Å². The number of benzene rings is 2. The van der Waals surface area contributed by atoms with E-state index < -0.39 is 15.9 Å². The van der Waals surface area contributed by atoms with Crippen LogP contribution in [0.5, 0.6) is 17.4 Å². The average Bonchev–Trinajstić information content (AvgIpc) is 3.60. The number of hydrogen-bond donors (Lipinski definition) is 3. The molecule has 0 radical (unpaired) electrons. The SMILES string of the molecule is COc1c(NC(=O)c2cc3cccc(Oc4ccnc(NCCn5ccnc5)n4)c3n2C)cc(C(C)(C)C)cc1NS(C)(=O)=O. The first-order chi connectivity index (χ1) is 21.3. The number of para-hydroxylation sites is 1. The Labute approximate surface area is 261 Å².